The molecule has 224 valence electrons. The van der Waals surface area contributed by atoms with Gasteiger partial charge in [0.25, 0.3) is 0 Å². The Hall–Kier alpha value is -6.04. The number of rotatable bonds is 5. The van der Waals surface area contributed by atoms with Gasteiger partial charge < -0.3 is 0 Å². The van der Waals surface area contributed by atoms with Gasteiger partial charge in [-0.1, -0.05) is 171 Å². The largest absolute Gasteiger partial charge is 0.245 e. The smallest absolute Gasteiger partial charge is 0.157 e. The second-order valence-electron chi connectivity index (χ2n) is 11.3. The highest BCUT2D eigenvalue weighted by atomic mass is 14.9. The molecule has 0 fully saturated rings. The maximum atomic E-state index is 5.16. The van der Waals surface area contributed by atoms with Crippen molar-refractivity contribution in [1.29, 1.82) is 0 Å². The minimum Gasteiger partial charge on any atom is -0.245 e. The van der Waals surface area contributed by atoms with Crippen LogP contribution in [0.5, 0.6) is 0 Å². The zero-order chi connectivity index (χ0) is 32.0. The van der Waals surface area contributed by atoms with Gasteiger partial charge in [0, 0.05) is 11.1 Å². The van der Waals surface area contributed by atoms with Crippen LogP contribution >= 0.6 is 0 Å². The van der Waals surface area contributed by atoms with Crippen LogP contribution < -0.4 is 0 Å². The highest BCUT2D eigenvalue weighted by Gasteiger charge is 2.16. The van der Waals surface area contributed by atoms with Crippen LogP contribution in [-0.2, 0) is 0 Å². The van der Waals surface area contributed by atoms with Crippen molar-refractivity contribution in [3.63, 3.8) is 0 Å². The fourth-order valence-corrected chi connectivity index (χ4v) is 5.90. The highest BCUT2D eigenvalue weighted by Crippen LogP contribution is 2.28. The monoisotopic (exact) mass is 602 g/mol. The van der Waals surface area contributed by atoms with Gasteiger partial charge in [0.2, 0.25) is 0 Å². The van der Waals surface area contributed by atoms with Crippen LogP contribution in [0.15, 0.2) is 174 Å². The normalized spacial score (nSPS) is 13.8. The molecular formula is C45H34N2. The molecule has 2 heteroatoms. The van der Waals surface area contributed by atoms with Gasteiger partial charge in [0.15, 0.2) is 5.84 Å². The van der Waals surface area contributed by atoms with Crippen LogP contribution in [0.4, 0.5) is 0 Å². The third-order valence-electron chi connectivity index (χ3n) is 8.38. The van der Waals surface area contributed by atoms with E-state index in [-0.39, 0.29) is 6.04 Å². The summed E-state index contributed by atoms with van der Waals surface area (Å²) >= 11 is 0. The fraction of sp³-hybridized carbons (Fsp3) is 0.0667. The highest BCUT2D eigenvalue weighted by molar-refractivity contribution is 6.21. The van der Waals surface area contributed by atoms with Gasteiger partial charge in [0.05, 0.1) is 0 Å². The number of benzene rings is 7. The Morgan fingerprint density at radius 2 is 0.894 bits per heavy atom. The molecule has 1 aliphatic rings. The Balaban J connectivity index is 0.00000172. The molecule has 0 bridgehead atoms. The molecule has 47 heavy (non-hydrogen) atoms. The Morgan fingerprint density at radius 3 is 1.51 bits per heavy atom. The first-order chi connectivity index (χ1) is 23.3. The maximum Gasteiger partial charge on any atom is 0.157 e. The van der Waals surface area contributed by atoms with E-state index in [0.29, 0.717) is 5.84 Å². The summed E-state index contributed by atoms with van der Waals surface area (Å²) in [6.45, 7) is 4.00. The van der Waals surface area contributed by atoms with Crippen LogP contribution in [0.25, 0.3) is 43.8 Å². The van der Waals surface area contributed by atoms with Crippen molar-refractivity contribution < 1.29 is 0 Å². The zero-order valence-electron chi connectivity index (χ0n) is 26.6. The van der Waals surface area contributed by atoms with Crippen LogP contribution in [0.2, 0.25) is 0 Å². The molecule has 1 unspecified atom stereocenters. The lowest BCUT2D eigenvalue weighted by Crippen LogP contribution is -2.05. The topological polar surface area (TPSA) is 24.7 Å². The lowest BCUT2D eigenvalue weighted by Gasteiger charge is -2.10. The third kappa shape index (κ3) is 6.39. The van der Waals surface area contributed by atoms with Crippen LogP contribution in [0.3, 0.4) is 0 Å². The summed E-state index contributed by atoms with van der Waals surface area (Å²) in [7, 11) is 0. The van der Waals surface area contributed by atoms with E-state index in [9.17, 15) is 0 Å². The van der Waals surface area contributed by atoms with E-state index in [2.05, 4.69) is 170 Å². The van der Waals surface area contributed by atoms with Crippen molar-refractivity contribution in [2.75, 3.05) is 0 Å². The molecule has 1 heterocycles. The Bertz CT molecular complexity index is 2300. The summed E-state index contributed by atoms with van der Waals surface area (Å²) in [4.78, 5) is 10.3. The lowest BCUT2D eigenvalue weighted by molar-refractivity contribution is 0.947. The van der Waals surface area contributed by atoms with E-state index in [1.54, 1.807) is 0 Å². The maximum absolute atomic E-state index is 5.16. The quantitative estimate of drug-likeness (QED) is 0.175. The van der Waals surface area contributed by atoms with Gasteiger partial charge >= 0.3 is 0 Å². The van der Waals surface area contributed by atoms with E-state index < -0.39 is 0 Å². The lowest BCUT2D eigenvalue weighted by atomic mass is 9.99. The predicted molar refractivity (Wildman–Crippen MR) is 200 cm³/mol. The molecule has 0 saturated carbocycles. The molecular weight excluding hydrogens is 569 g/mol. The van der Waals surface area contributed by atoms with Crippen molar-refractivity contribution >= 4 is 33.1 Å². The Labute approximate surface area is 276 Å². The number of amidine groups is 1. The molecule has 1 aliphatic heterocycles. The van der Waals surface area contributed by atoms with E-state index >= 15 is 0 Å². The molecule has 0 N–H and O–H groups in total. The molecule has 0 amide bonds. The van der Waals surface area contributed by atoms with E-state index in [4.69, 9.17) is 9.98 Å². The minimum absolute atomic E-state index is 0.334. The molecule has 2 nitrogen and oxygen atoms in total. The van der Waals surface area contributed by atoms with Crippen molar-refractivity contribution in [3.8, 4) is 34.1 Å². The summed E-state index contributed by atoms with van der Waals surface area (Å²) in [6.07, 6.45) is 0. The molecule has 0 saturated heterocycles. The average Bonchev–Trinajstić information content (AvgIpc) is 3.39. The summed E-state index contributed by atoms with van der Waals surface area (Å²) in [5, 5.41) is 4.73. The minimum atomic E-state index is -0.334. The van der Waals surface area contributed by atoms with E-state index in [1.807, 2.05) is 19.9 Å². The van der Waals surface area contributed by atoms with Crippen molar-refractivity contribution in [3.05, 3.63) is 180 Å². The number of aliphatic imine (C=N–C) groups is 2. The molecule has 0 aliphatic carbocycles. The van der Waals surface area contributed by atoms with Gasteiger partial charge in [-0.2, -0.15) is 0 Å². The molecule has 0 radical (unpaired) electrons. The van der Waals surface area contributed by atoms with Crippen LogP contribution in [0, 0.1) is 11.8 Å². The van der Waals surface area contributed by atoms with Crippen LogP contribution in [0.1, 0.15) is 36.6 Å². The second-order valence-corrected chi connectivity index (χ2v) is 11.3. The summed E-state index contributed by atoms with van der Waals surface area (Å²) in [5.41, 5.74) is 8.47. The molecule has 1 atom stereocenters. The number of fused-ring (bicyclic) bond motifs is 2. The van der Waals surface area contributed by atoms with Gasteiger partial charge in [0.1, 0.15) is 11.8 Å². The summed E-state index contributed by atoms with van der Waals surface area (Å²) in [6, 6.07) is 57.0. The van der Waals surface area contributed by atoms with Crippen molar-refractivity contribution in [2.45, 2.75) is 19.9 Å². The van der Waals surface area contributed by atoms with E-state index in [0.717, 1.165) is 33.4 Å². The van der Waals surface area contributed by atoms with Gasteiger partial charge in [-0.05, 0) is 67.4 Å². The fourth-order valence-electron chi connectivity index (χ4n) is 5.90. The van der Waals surface area contributed by atoms with E-state index in [1.165, 1.54) is 32.8 Å². The predicted octanol–water partition coefficient (Wildman–Crippen LogP) is 11.3. The second kappa shape index (κ2) is 13.5. The zero-order valence-corrected chi connectivity index (χ0v) is 26.6. The standard InChI is InChI=1S/C43H28N2.C2H6/c1-2-8-30(9-3-1)33-14-16-34(17-15-33)35-18-22-36(23-19-35)41-26-27-42(39-24-20-31-10-4-6-12-37(31)28-39)45-43(44-41)40-25-21-32-11-5-7-13-38(32)29-40;1-2/h1-25,28-29,42H;1-2H3. The first kappa shape index (κ1) is 29.7. The van der Waals surface area contributed by atoms with Gasteiger partial charge in [-0.3, -0.25) is 0 Å². The van der Waals surface area contributed by atoms with Crippen LogP contribution in [-0.4, -0.2) is 11.5 Å². The molecule has 8 rings (SSSR count). The van der Waals surface area contributed by atoms with Crippen molar-refractivity contribution in [2.24, 2.45) is 9.98 Å². The third-order valence-corrected chi connectivity index (χ3v) is 8.38. The molecule has 0 aromatic heterocycles. The van der Waals surface area contributed by atoms with Gasteiger partial charge in [-0.25, -0.2) is 9.98 Å². The first-order valence-electron chi connectivity index (χ1n) is 16.2. The average molecular weight is 603 g/mol. The Kier molecular flexibility index (Phi) is 8.54. The molecule has 7 aromatic carbocycles. The van der Waals surface area contributed by atoms with Crippen molar-refractivity contribution in [1.82, 2.24) is 0 Å². The SMILES string of the molecule is C1#CC(c2ccc3ccccc3c2)N=C(c2ccc3ccccc3c2)N=C1c1ccc(-c2ccc(-c3ccccc3)cc2)cc1.CC. The number of hydrogen-bond donors (Lipinski definition) is 0. The number of hydrogen-bond acceptors (Lipinski definition) is 2. The summed E-state index contributed by atoms with van der Waals surface area (Å²) < 4.78 is 0. The number of nitrogens with zero attached hydrogens (tertiary/aromatic N) is 2. The van der Waals surface area contributed by atoms with Gasteiger partial charge in [-0.15, -0.1) is 0 Å². The Morgan fingerprint density at radius 1 is 0.426 bits per heavy atom. The molecule has 7 aromatic rings. The first-order valence-corrected chi connectivity index (χ1v) is 16.2. The summed E-state index contributed by atoms with van der Waals surface area (Å²) in [5.74, 6) is 7.52. The molecule has 0 spiro atoms.